The van der Waals surface area contributed by atoms with E-state index in [1.165, 1.54) is 0 Å². The average molecular weight is 248 g/mol. The third kappa shape index (κ3) is 4.03. The highest BCUT2D eigenvalue weighted by Crippen LogP contribution is 2.13. The Bertz CT molecular complexity index is 303. The maximum absolute atomic E-state index is 12.1. The van der Waals surface area contributed by atoms with Crippen molar-refractivity contribution in [3.05, 3.63) is 0 Å². The van der Waals surface area contributed by atoms with Gasteiger partial charge in [0.25, 0.3) is 0 Å². The SMILES string of the molecule is CCCC(C)CS(=O)(=O)N1CCNC(C)C1. The van der Waals surface area contributed by atoms with Crippen molar-refractivity contribution in [2.24, 2.45) is 5.92 Å². The number of rotatable bonds is 5. The minimum absolute atomic E-state index is 0.264. The van der Waals surface area contributed by atoms with Crippen LogP contribution in [0.2, 0.25) is 0 Å². The molecule has 1 rings (SSSR count). The Morgan fingerprint density at radius 1 is 1.50 bits per heavy atom. The fraction of sp³-hybridized carbons (Fsp3) is 1.00. The maximum atomic E-state index is 12.1. The van der Waals surface area contributed by atoms with Gasteiger partial charge in [0.2, 0.25) is 10.0 Å². The Labute approximate surface area is 99.5 Å². The summed E-state index contributed by atoms with van der Waals surface area (Å²) in [4.78, 5) is 0. The van der Waals surface area contributed by atoms with Gasteiger partial charge < -0.3 is 5.32 Å². The number of nitrogens with one attached hydrogen (secondary N) is 1. The summed E-state index contributed by atoms with van der Waals surface area (Å²) in [7, 11) is -3.04. The van der Waals surface area contributed by atoms with E-state index in [2.05, 4.69) is 12.2 Å². The molecule has 1 N–H and O–H groups in total. The van der Waals surface area contributed by atoms with Gasteiger partial charge in [0.05, 0.1) is 5.75 Å². The summed E-state index contributed by atoms with van der Waals surface area (Å²) in [6, 6.07) is 0.269. The first-order valence-electron chi connectivity index (χ1n) is 6.17. The van der Waals surface area contributed by atoms with Crippen molar-refractivity contribution in [2.45, 2.75) is 39.7 Å². The number of sulfonamides is 1. The lowest BCUT2D eigenvalue weighted by Crippen LogP contribution is -2.52. The summed E-state index contributed by atoms with van der Waals surface area (Å²) in [6.45, 7) is 8.13. The topological polar surface area (TPSA) is 49.4 Å². The first kappa shape index (κ1) is 13.9. The van der Waals surface area contributed by atoms with Crippen molar-refractivity contribution < 1.29 is 8.42 Å². The molecule has 0 radical (unpaired) electrons. The first-order chi connectivity index (χ1) is 7.45. The zero-order chi connectivity index (χ0) is 12.2. The zero-order valence-corrected chi connectivity index (χ0v) is 11.4. The van der Waals surface area contributed by atoms with Crippen molar-refractivity contribution >= 4 is 10.0 Å². The Hall–Kier alpha value is -0.130. The fourth-order valence-corrected chi connectivity index (χ4v) is 4.11. The minimum atomic E-state index is -3.04. The van der Waals surface area contributed by atoms with Crippen LogP contribution in [-0.4, -0.2) is 44.2 Å². The second kappa shape index (κ2) is 5.98. The molecule has 5 heteroatoms. The molecule has 2 unspecified atom stereocenters. The normalized spacial score (nSPS) is 25.6. The van der Waals surface area contributed by atoms with Gasteiger partial charge >= 0.3 is 0 Å². The largest absolute Gasteiger partial charge is 0.312 e. The molecular weight excluding hydrogens is 224 g/mol. The highest BCUT2D eigenvalue weighted by atomic mass is 32.2. The van der Waals surface area contributed by atoms with Gasteiger partial charge in [0.15, 0.2) is 0 Å². The van der Waals surface area contributed by atoms with Gasteiger partial charge in [0, 0.05) is 25.7 Å². The van der Waals surface area contributed by atoms with Gasteiger partial charge in [-0.3, -0.25) is 0 Å². The summed E-state index contributed by atoms with van der Waals surface area (Å²) in [5.41, 5.74) is 0. The molecule has 96 valence electrons. The molecule has 16 heavy (non-hydrogen) atoms. The van der Waals surface area contributed by atoms with E-state index in [-0.39, 0.29) is 12.0 Å². The van der Waals surface area contributed by atoms with E-state index in [4.69, 9.17) is 0 Å². The Morgan fingerprint density at radius 3 is 2.75 bits per heavy atom. The molecule has 0 spiro atoms. The molecule has 1 saturated heterocycles. The van der Waals surface area contributed by atoms with Crippen LogP contribution in [0.4, 0.5) is 0 Å². The molecule has 1 heterocycles. The van der Waals surface area contributed by atoms with Gasteiger partial charge in [-0.25, -0.2) is 8.42 Å². The molecule has 0 aromatic rings. The van der Waals surface area contributed by atoms with Crippen molar-refractivity contribution in [1.29, 1.82) is 0 Å². The molecule has 0 aliphatic carbocycles. The Kier molecular flexibility index (Phi) is 5.21. The molecule has 0 bridgehead atoms. The van der Waals surface area contributed by atoms with Gasteiger partial charge in [-0.15, -0.1) is 0 Å². The van der Waals surface area contributed by atoms with Gasteiger partial charge in [-0.1, -0.05) is 20.3 Å². The number of piperazine rings is 1. The van der Waals surface area contributed by atoms with Crippen LogP contribution in [0.25, 0.3) is 0 Å². The van der Waals surface area contributed by atoms with Crippen molar-refractivity contribution in [1.82, 2.24) is 9.62 Å². The van der Waals surface area contributed by atoms with E-state index >= 15 is 0 Å². The van der Waals surface area contributed by atoms with Crippen LogP contribution in [0.3, 0.4) is 0 Å². The lowest BCUT2D eigenvalue weighted by Gasteiger charge is -2.31. The highest BCUT2D eigenvalue weighted by Gasteiger charge is 2.27. The number of hydrogen-bond acceptors (Lipinski definition) is 3. The summed E-state index contributed by atoms with van der Waals surface area (Å²) >= 11 is 0. The standard InChI is InChI=1S/C11H24N2O2S/c1-4-5-10(2)9-16(14,15)13-7-6-12-11(3)8-13/h10-12H,4-9H2,1-3H3. The minimum Gasteiger partial charge on any atom is -0.312 e. The number of nitrogens with zero attached hydrogens (tertiary/aromatic N) is 1. The second-order valence-electron chi connectivity index (χ2n) is 4.89. The molecular formula is C11H24N2O2S. The molecule has 2 atom stereocenters. The van der Waals surface area contributed by atoms with Gasteiger partial charge in [0.1, 0.15) is 0 Å². The van der Waals surface area contributed by atoms with E-state index in [9.17, 15) is 8.42 Å². The van der Waals surface area contributed by atoms with Crippen molar-refractivity contribution in [3.63, 3.8) is 0 Å². The van der Waals surface area contributed by atoms with Crippen LogP contribution in [0, 0.1) is 5.92 Å². The molecule has 0 amide bonds. The Balaban J connectivity index is 2.55. The second-order valence-corrected chi connectivity index (χ2v) is 6.90. The predicted molar refractivity (Wildman–Crippen MR) is 66.9 cm³/mol. The van der Waals surface area contributed by atoms with Crippen LogP contribution in [0.5, 0.6) is 0 Å². The molecule has 0 saturated carbocycles. The van der Waals surface area contributed by atoms with E-state index in [0.717, 1.165) is 19.4 Å². The zero-order valence-electron chi connectivity index (χ0n) is 10.6. The molecule has 1 aliphatic rings. The highest BCUT2D eigenvalue weighted by molar-refractivity contribution is 7.89. The van der Waals surface area contributed by atoms with E-state index in [1.807, 2.05) is 13.8 Å². The third-order valence-electron chi connectivity index (χ3n) is 3.00. The summed E-state index contributed by atoms with van der Waals surface area (Å²) in [6.07, 6.45) is 2.04. The van der Waals surface area contributed by atoms with Crippen molar-refractivity contribution in [3.8, 4) is 0 Å². The number of hydrogen-bond donors (Lipinski definition) is 1. The maximum Gasteiger partial charge on any atom is 0.214 e. The molecule has 0 aromatic heterocycles. The monoisotopic (exact) mass is 248 g/mol. The molecule has 1 fully saturated rings. The molecule has 1 aliphatic heterocycles. The third-order valence-corrected chi connectivity index (χ3v) is 5.11. The lowest BCUT2D eigenvalue weighted by molar-refractivity contribution is 0.308. The predicted octanol–water partition coefficient (Wildman–Crippen LogP) is 1.05. The first-order valence-corrected chi connectivity index (χ1v) is 7.77. The molecule has 0 aromatic carbocycles. The van der Waals surface area contributed by atoms with E-state index < -0.39 is 10.0 Å². The molecule has 4 nitrogen and oxygen atoms in total. The van der Waals surface area contributed by atoms with E-state index in [1.54, 1.807) is 4.31 Å². The van der Waals surface area contributed by atoms with Gasteiger partial charge in [-0.05, 0) is 19.3 Å². The summed E-state index contributed by atoms with van der Waals surface area (Å²) < 4.78 is 25.9. The van der Waals surface area contributed by atoms with Crippen LogP contribution in [0.1, 0.15) is 33.6 Å². The summed E-state index contributed by atoms with van der Waals surface area (Å²) in [5.74, 6) is 0.563. The Morgan fingerprint density at radius 2 is 2.19 bits per heavy atom. The van der Waals surface area contributed by atoms with E-state index in [0.29, 0.717) is 18.8 Å². The smallest absolute Gasteiger partial charge is 0.214 e. The lowest BCUT2D eigenvalue weighted by atomic mass is 10.1. The quantitative estimate of drug-likeness (QED) is 0.791. The van der Waals surface area contributed by atoms with Crippen LogP contribution >= 0.6 is 0 Å². The van der Waals surface area contributed by atoms with Crippen LogP contribution < -0.4 is 5.32 Å². The van der Waals surface area contributed by atoms with Crippen molar-refractivity contribution in [2.75, 3.05) is 25.4 Å². The van der Waals surface area contributed by atoms with Crippen LogP contribution in [-0.2, 0) is 10.0 Å². The average Bonchev–Trinajstić information content (AvgIpc) is 2.17. The van der Waals surface area contributed by atoms with Crippen LogP contribution in [0.15, 0.2) is 0 Å². The fourth-order valence-electron chi connectivity index (χ4n) is 2.19. The summed E-state index contributed by atoms with van der Waals surface area (Å²) in [5, 5.41) is 3.26. The van der Waals surface area contributed by atoms with Gasteiger partial charge in [-0.2, -0.15) is 4.31 Å².